The smallest absolute Gasteiger partial charge is 0.416 e. The summed E-state index contributed by atoms with van der Waals surface area (Å²) in [4.78, 5) is 22.8. The van der Waals surface area contributed by atoms with Crippen molar-refractivity contribution in [2.45, 2.75) is 76.8 Å². The van der Waals surface area contributed by atoms with Crippen LogP contribution < -0.4 is 4.74 Å². The lowest BCUT2D eigenvalue weighted by Crippen LogP contribution is -2.18. The summed E-state index contributed by atoms with van der Waals surface area (Å²) in [5, 5.41) is 13.4. The number of nitroso groups, excluding NO2 is 1. The van der Waals surface area contributed by atoms with Gasteiger partial charge in [-0.2, -0.15) is 18.1 Å². The van der Waals surface area contributed by atoms with E-state index < -0.39 is 23.9 Å². The van der Waals surface area contributed by atoms with E-state index in [1.54, 1.807) is 6.08 Å². The van der Waals surface area contributed by atoms with E-state index in [2.05, 4.69) is 5.18 Å². The topological polar surface area (TPSA) is 85.2 Å². The molecular weight excluding hydrogens is 463 g/mol. The summed E-state index contributed by atoms with van der Waals surface area (Å²) in [6.07, 6.45) is 6.24. The van der Waals surface area contributed by atoms with Gasteiger partial charge in [0.1, 0.15) is 18.4 Å². The molecule has 9 heteroatoms. The van der Waals surface area contributed by atoms with Gasteiger partial charge in [-0.1, -0.05) is 35.5 Å². The average Bonchev–Trinajstić information content (AvgIpc) is 3.14. The molecule has 1 N–H and O–H groups in total. The Morgan fingerprint density at radius 3 is 2.71 bits per heavy atom. The Morgan fingerprint density at radius 1 is 1.26 bits per heavy atom. The van der Waals surface area contributed by atoms with Crippen LogP contribution in [0.3, 0.4) is 0 Å². The molecule has 2 rings (SSSR count). The zero-order valence-corrected chi connectivity index (χ0v) is 20.1. The molecule has 194 valence electrons. The van der Waals surface area contributed by atoms with Gasteiger partial charge in [0, 0.05) is 6.42 Å². The number of esters is 1. The lowest BCUT2D eigenvalue weighted by atomic mass is 9.90. The van der Waals surface area contributed by atoms with Gasteiger partial charge < -0.3 is 14.6 Å². The van der Waals surface area contributed by atoms with Gasteiger partial charge in [-0.3, -0.25) is 4.79 Å². The molecule has 0 unspecified atom stereocenters. The summed E-state index contributed by atoms with van der Waals surface area (Å²) < 4.78 is 49.0. The van der Waals surface area contributed by atoms with Crippen LogP contribution in [-0.2, 0) is 15.7 Å². The van der Waals surface area contributed by atoms with Crippen molar-refractivity contribution in [3.05, 3.63) is 59.0 Å². The Kier molecular flexibility index (Phi) is 11.4. The maximum atomic E-state index is 12.8. The zero-order valence-electron chi connectivity index (χ0n) is 20.1. The van der Waals surface area contributed by atoms with Gasteiger partial charge in [0.2, 0.25) is 0 Å². The quantitative estimate of drug-likeness (QED) is 0.151. The molecule has 35 heavy (non-hydrogen) atoms. The molecule has 1 aromatic carbocycles. The molecule has 0 aliphatic heterocycles. The number of aliphatic hydroxyl groups excluding tert-OH is 1. The number of unbranched alkanes of at least 4 members (excludes halogenated alkanes) is 1. The number of hydrogen-bond donors (Lipinski definition) is 1. The largest absolute Gasteiger partial charge is 0.491 e. The molecular formula is C26H34F3NO5. The Labute approximate surface area is 204 Å². The number of benzene rings is 1. The second-order valence-electron chi connectivity index (χ2n) is 9.00. The van der Waals surface area contributed by atoms with Crippen molar-refractivity contribution in [2.75, 3.05) is 6.61 Å². The molecule has 0 radical (unpaired) electrons. The Bertz CT molecular complexity index is 869. The summed E-state index contributed by atoms with van der Waals surface area (Å²) >= 11 is 0. The van der Waals surface area contributed by atoms with Crippen LogP contribution in [0.15, 0.2) is 53.7 Å². The summed E-state index contributed by atoms with van der Waals surface area (Å²) in [7, 11) is 0. The predicted octanol–water partition coefficient (Wildman–Crippen LogP) is 6.23. The Balaban J connectivity index is 1.82. The SMILES string of the molecule is CC(C)OC(=O)CCC/C=C\C[C@H]1[C@@H](O)CC[C@@H]1/C=C/[C@H](COc1cccc(C(F)(F)F)c1)N=O. The lowest BCUT2D eigenvalue weighted by molar-refractivity contribution is -0.147. The number of hydrogen-bond acceptors (Lipinski definition) is 6. The second-order valence-corrected chi connectivity index (χ2v) is 9.00. The van der Waals surface area contributed by atoms with Crippen LogP contribution in [0.4, 0.5) is 13.2 Å². The highest BCUT2D eigenvalue weighted by Gasteiger charge is 2.33. The summed E-state index contributed by atoms with van der Waals surface area (Å²) in [6.45, 7) is 3.44. The van der Waals surface area contributed by atoms with Crippen molar-refractivity contribution < 1.29 is 32.5 Å². The van der Waals surface area contributed by atoms with Gasteiger partial charge in [0.05, 0.1) is 17.8 Å². The third kappa shape index (κ3) is 10.2. The molecule has 0 aromatic heterocycles. The van der Waals surface area contributed by atoms with Crippen molar-refractivity contribution in [3.8, 4) is 5.75 Å². The van der Waals surface area contributed by atoms with E-state index in [-0.39, 0.29) is 36.3 Å². The molecule has 0 amide bonds. The number of alkyl halides is 3. The first-order valence-corrected chi connectivity index (χ1v) is 11.9. The highest BCUT2D eigenvalue weighted by molar-refractivity contribution is 5.69. The average molecular weight is 498 g/mol. The fourth-order valence-electron chi connectivity index (χ4n) is 4.04. The predicted molar refractivity (Wildman–Crippen MR) is 127 cm³/mol. The number of rotatable bonds is 13. The highest BCUT2D eigenvalue weighted by Crippen LogP contribution is 2.36. The molecule has 4 atom stereocenters. The van der Waals surface area contributed by atoms with Crippen molar-refractivity contribution in [2.24, 2.45) is 17.0 Å². The monoisotopic (exact) mass is 497 g/mol. The van der Waals surface area contributed by atoms with Gasteiger partial charge in [-0.25, -0.2) is 0 Å². The van der Waals surface area contributed by atoms with Crippen molar-refractivity contribution in [1.29, 1.82) is 0 Å². The van der Waals surface area contributed by atoms with Crippen LogP contribution in [0.5, 0.6) is 5.75 Å². The van der Waals surface area contributed by atoms with Crippen molar-refractivity contribution in [1.82, 2.24) is 0 Å². The van der Waals surface area contributed by atoms with Crippen LogP contribution in [0, 0.1) is 16.7 Å². The van der Waals surface area contributed by atoms with E-state index in [0.717, 1.165) is 25.0 Å². The van der Waals surface area contributed by atoms with E-state index in [4.69, 9.17) is 9.47 Å². The van der Waals surface area contributed by atoms with Crippen LogP contribution in [0.25, 0.3) is 0 Å². The third-order valence-corrected chi connectivity index (χ3v) is 5.83. The molecule has 1 aromatic rings. The van der Waals surface area contributed by atoms with Crippen LogP contribution in [0.2, 0.25) is 0 Å². The van der Waals surface area contributed by atoms with Gasteiger partial charge in [-0.15, -0.1) is 0 Å². The minimum absolute atomic E-state index is 0.00917. The number of aliphatic hydroxyl groups is 1. The van der Waals surface area contributed by atoms with E-state index in [9.17, 15) is 28.0 Å². The minimum Gasteiger partial charge on any atom is -0.491 e. The molecule has 1 saturated carbocycles. The number of allylic oxidation sites excluding steroid dienone is 3. The van der Waals surface area contributed by atoms with Crippen LogP contribution in [0.1, 0.15) is 57.9 Å². The lowest BCUT2D eigenvalue weighted by Gasteiger charge is -2.18. The van der Waals surface area contributed by atoms with Crippen molar-refractivity contribution in [3.63, 3.8) is 0 Å². The molecule has 1 aliphatic rings. The van der Waals surface area contributed by atoms with E-state index in [0.29, 0.717) is 25.7 Å². The maximum Gasteiger partial charge on any atom is 0.416 e. The first-order valence-electron chi connectivity index (χ1n) is 11.9. The summed E-state index contributed by atoms with van der Waals surface area (Å²) in [6, 6.07) is 3.61. The normalized spacial score (nSPS) is 21.6. The van der Waals surface area contributed by atoms with Gasteiger partial charge in [0.15, 0.2) is 0 Å². The number of ether oxygens (including phenoxy) is 2. The first-order chi connectivity index (χ1) is 16.6. The molecule has 0 bridgehead atoms. The number of nitrogens with zero attached hydrogens (tertiary/aromatic N) is 1. The summed E-state index contributed by atoms with van der Waals surface area (Å²) in [5.41, 5.74) is -0.826. The maximum absolute atomic E-state index is 12.8. The molecule has 6 nitrogen and oxygen atoms in total. The fraction of sp³-hybridized carbons (Fsp3) is 0.577. The second kappa shape index (κ2) is 14.0. The number of carbonyl (C=O) groups is 1. The highest BCUT2D eigenvalue weighted by atomic mass is 19.4. The minimum atomic E-state index is -4.48. The van der Waals surface area contributed by atoms with E-state index in [1.165, 1.54) is 12.1 Å². The molecule has 0 saturated heterocycles. The van der Waals surface area contributed by atoms with Crippen LogP contribution >= 0.6 is 0 Å². The Hall–Kier alpha value is -2.68. The molecule has 0 heterocycles. The number of carbonyl (C=O) groups excluding carboxylic acids is 1. The van der Waals surface area contributed by atoms with E-state index in [1.807, 2.05) is 32.1 Å². The van der Waals surface area contributed by atoms with Gasteiger partial charge in [0.25, 0.3) is 0 Å². The molecule has 0 spiro atoms. The van der Waals surface area contributed by atoms with Crippen LogP contribution in [-0.4, -0.2) is 35.9 Å². The van der Waals surface area contributed by atoms with Gasteiger partial charge >= 0.3 is 12.1 Å². The molecule has 1 aliphatic carbocycles. The summed E-state index contributed by atoms with van der Waals surface area (Å²) in [5.74, 6) is -0.155. The van der Waals surface area contributed by atoms with Crippen molar-refractivity contribution >= 4 is 5.97 Å². The molecule has 1 fully saturated rings. The number of halogens is 3. The standard InChI is InChI=1S/C26H34F3NO5/c1-18(2)35-25(32)11-6-4-3-5-10-23-19(13-15-24(23)31)12-14-21(30-33)17-34-22-9-7-8-20(16-22)26(27,28)29/h3,5,7-9,12,14,16,18-19,21,23-24,31H,4,6,10-11,13,15,17H2,1-2H3/b5-3-,14-12+/t19-,21+,23+,24-/m0/s1. The first kappa shape index (κ1) is 28.6. The van der Waals surface area contributed by atoms with Gasteiger partial charge in [-0.05, 0) is 76.0 Å². The fourth-order valence-corrected chi connectivity index (χ4v) is 4.04. The zero-order chi connectivity index (χ0) is 25.8. The Morgan fingerprint density at radius 2 is 2.03 bits per heavy atom. The van der Waals surface area contributed by atoms with E-state index >= 15 is 0 Å². The third-order valence-electron chi connectivity index (χ3n) is 5.83.